The minimum absolute atomic E-state index is 0.00471. The van der Waals surface area contributed by atoms with E-state index in [-0.39, 0.29) is 88.6 Å². The molecule has 0 radical (unpaired) electrons. The average molecular weight is 1400 g/mol. The Balaban J connectivity index is 2.57. The average Bonchev–Trinajstić information content (AvgIpc) is 0.852. The van der Waals surface area contributed by atoms with Gasteiger partial charge in [-0.15, -0.1) is 0 Å². The molecule has 12 atom stereocenters. The van der Waals surface area contributed by atoms with Gasteiger partial charge >= 0.3 is 0 Å². The lowest BCUT2D eigenvalue weighted by Gasteiger charge is -2.30. The van der Waals surface area contributed by atoms with Gasteiger partial charge in [0.1, 0.15) is 60.4 Å². The molecule has 100 heavy (non-hydrogen) atoms. The van der Waals surface area contributed by atoms with E-state index < -0.39 is 137 Å². The Morgan fingerprint density at radius 2 is 0.580 bits per heavy atom. The molecule has 0 aromatic heterocycles. The Kier molecular flexibility index (Phi) is 44.1. The summed E-state index contributed by atoms with van der Waals surface area (Å²) in [7, 11) is 0. The summed E-state index contributed by atoms with van der Waals surface area (Å²) in [6.07, 6.45) is 6.55. The first-order valence-electron chi connectivity index (χ1n) is 36.3. The molecular weight excluding hydrogens is 1280 g/mol. The van der Waals surface area contributed by atoms with Crippen LogP contribution in [0.4, 0.5) is 0 Å². The first kappa shape index (κ1) is 88.5. The highest BCUT2D eigenvalue weighted by atomic mass is 16.2. The molecular formula is C72H125N17O11. The summed E-state index contributed by atoms with van der Waals surface area (Å²) in [4.78, 5) is 157. The van der Waals surface area contributed by atoms with E-state index in [9.17, 15) is 52.7 Å². The van der Waals surface area contributed by atoms with Gasteiger partial charge in [-0.25, -0.2) is 0 Å². The molecule has 2 aromatic carbocycles. The lowest BCUT2D eigenvalue weighted by Crippen LogP contribution is -2.61. The Bertz CT molecular complexity index is 2780. The van der Waals surface area contributed by atoms with E-state index in [1.54, 1.807) is 67.6 Å². The smallest absolute Gasteiger partial charge is 0.243 e. The number of primary amides is 1. The predicted molar refractivity (Wildman–Crippen MR) is 389 cm³/mol. The maximum Gasteiger partial charge on any atom is 0.243 e. The van der Waals surface area contributed by atoms with Crippen molar-refractivity contribution in [2.75, 3.05) is 32.7 Å². The van der Waals surface area contributed by atoms with E-state index >= 15 is 0 Å². The second kappa shape index (κ2) is 49.8. The number of unbranched alkanes of at least 4 members (excludes halogenated alkanes) is 5. The van der Waals surface area contributed by atoms with Crippen molar-refractivity contribution in [1.82, 2.24) is 53.2 Å². The number of amides is 11. The van der Waals surface area contributed by atoms with Crippen LogP contribution in [0.1, 0.15) is 189 Å². The molecule has 564 valence electrons. The summed E-state index contributed by atoms with van der Waals surface area (Å²) in [5, 5.41) is 28.2. The number of carbonyl (C=O) groups excluding carboxylic acids is 11. The molecule has 0 bridgehead atoms. The zero-order valence-electron chi connectivity index (χ0n) is 60.9. The summed E-state index contributed by atoms with van der Waals surface area (Å²) >= 11 is 0. The van der Waals surface area contributed by atoms with Crippen LogP contribution in [0.25, 0.3) is 0 Å². The molecule has 0 saturated carbocycles. The number of carbonyl (C=O) groups is 11. The molecule has 2 aromatic rings. The molecule has 0 fully saturated rings. The van der Waals surface area contributed by atoms with Crippen LogP contribution in [0.3, 0.4) is 0 Å². The first-order chi connectivity index (χ1) is 47.6. The van der Waals surface area contributed by atoms with E-state index in [4.69, 9.17) is 40.1 Å². The first-order valence-corrected chi connectivity index (χ1v) is 36.3. The van der Waals surface area contributed by atoms with Crippen molar-refractivity contribution in [3.63, 3.8) is 0 Å². The maximum absolute atomic E-state index is 14.8. The van der Waals surface area contributed by atoms with Gasteiger partial charge in [-0.3, -0.25) is 52.7 Å². The Morgan fingerprint density at radius 1 is 0.320 bits per heavy atom. The molecule has 0 saturated heterocycles. The van der Waals surface area contributed by atoms with Crippen LogP contribution >= 0.6 is 0 Å². The minimum atomic E-state index is -1.31. The fraction of sp³-hybridized carbons (Fsp3) is 0.681. The Morgan fingerprint density at radius 3 is 0.900 bits per heavy atom. The highest BCUT2D eigenvalue weighted by Gasteiger charge is 2.38. The van der Waals surface area contributed by atoms with Crippen molar-refractivity contribution < 1.29 is 52.7 Å². The standard InChI is InChI=1S/C72H125N17O11/c1-9-48(8)61(72(100)88-58(42-47(6)7)68(96)82-54(33-19-24-38-76)66(94)86-60(44-50-28-14-11-15-29-50)71(99)84-56(62(79)90)40-45(2)3)89-67(95)55(34-20-25-39-77)81-64(92)53(32-18-23-37-75)83-70(98)59(43-49-26-12-10-13-27-49)87-69(97)57(41-46(4)5)85-65(93)52(31-17-22-36-74)80-63(91)51(78)30-16-21-35-73/h10-15,26-29,45-48,51-61H,9,16-25,30-44,73-78H2,1-8H3,(H2,79,90)(H,80,91)(H,81,92)(H,82,96)(H,83,98)(H,84,99)(H,85,93)(H,86,94)(H,87,97)(H,88,100)(H,89,95)/t48-,51-,52-,53-,54-,55-,56-,57-,58-,59-,60-,61-/m0/s1. The number of hydrogen-bond acceptors (Lipinski definition) is 17. The molecule has 2 rings (SSSR count). The third kappa shape index (κ3) is 35.1. The number of nitrogens with two attached hydrogens (primary N) is 7. The molecule has 0 unspecified atom stereocenters. The second-order valence-electron chi connectivity index (χ2n) is 27.6. The van der Waals surface area contributed by atoms with E-state index in [0.717, 1.165) is 0 Å². The van der Waals surface area contributed by atoms with Crippen LogP contribution < -0.4 is 93.3 Å². The summed E-state index contributed by atoms with van der Waals surface area (Å²) in [5.41, 5.74) is 42.4. The van der Waals surface area contributed by atoms with Crippen molar-refractivity contribution in [3.8, 4) is 0 Å². The van der Waals surface area contributed by atoms with E-state index in [0.29, 0.717) is 108 Å². The van der Waals surface area contributed by atoms with Crippen LogP contribution in [0, 0.1) is 23.7 Å². The summed E-state index contributed by atoms with van der Waals surface area (Å²) in [6, 6.07) is 4.84. The highest BCUT2D eigenvalue weighted by molar-refractivity contribution is 5.99. The molecule has 11 amide bonds. The molecule has 0 heterocycles. The Labute approximate surface area is 593 Å². The third-order valence-corrected chi connectivity index (χ3v) is 17.3. The molecule has 28 nitrogen and oxygen atoms in total. The zero-order valence-corrected chi connectivity index (χ0v) is 60.9. The van der Waals surface area contributed by atoms with Gasteiger partial charge < -0.3 is 93.3 Å². The van der Waals surface area contributed by atoms with Crippen LogP contribution in [0.2, 0.25) is 0 Å². The normalized spacial score (nSPS) is 15.0. The van der Waals surface area contributed by atoms with Gasteiger partial charge in [-0.05, 0) is 177 Å². The lowest BCUT2D eigenvalue weighted by molar-refractivity contribution is -0.137. The Hall–Kier alpha value is -7.63. The van der Waals surface area contributed by atoms with E-state index in [2.05, 4.69) is 53.2 Å². The van der Waals surface area contributed by atoms with Crippen molar-refractivity contribution in [1.29, 1.82) is 0 Å². The molecule has 0 aliphatic rings. The monoisotopic (exact) mass is 1400 g/mol. The van der Waals surface area contributed by atoms with E-state index in [1.165, 1.54) is 0 Å². The van der Waals surface area contributed by atoms with Gasteiger partial charge in [0.2, 0.25) is 65.0 Å². The maximum atomic E-state index is 14.8. The molecule has 24 N–H and O–H groups in total. The second-order valence-corrected chi connectivity index (χ2v) is 27.6. The van der Waals surface area contributed by atoms with Gasteiger partial charge in [-0.1, -0.05) is 129 Å². The van der Waals surface area contributed by atoms with Crippen molar-refractivity contribution >= 4 is 65.0 Å². The summed E-state index contributed by atoms with van der Waals surface area (Å²) < 4.78 is 0. The van der Waals surface area contributed by atoms with Crippen molar-refractivity contribution in [2.24, 2.45) is 63.8 Å². The lowest BCUT2D eigenvalue weighted by atomic mass is 9.95. The summed E-state index contributed by atoms with van der Waals surface area (Å²) in [6.45, 7) is 16.3. The number of hydrogen-bond donors (Lipinski definition) is 17. The van der Waals surface area contributed by atoms with Gasteiger partial charge in [0.25, 0.3) is 0 Å². The van der Waals surface area contributed by atoms with Crippen molar-refractivity contribution in [3.05, 3.63) is 71.8 Å². The number of benzene rings is 2. The van der Waals surface area contributed by atoms with Gasteiger partial charge in [0.15, 0.2) is 0 Å². The zero-order chi connectivity index (χ0) is 74.7. The quantitative estimate of drug-likeness (QED) is 0.0410. The molecule has 0 aliphatic carbocycles. The number of nitrogens with one attached hydrogen (secondary N) is 10. The largest absolute Gasteiger partial charge is 0.368 e. The van der Waals surface area contributed by atoms with Crippen LogP contribution in [0.5, 0.6) is 0 Å². The van der Waals surface area contributed by atoms with Crippen LogP contribution in [-0.2, 0) is 65.6 Å². The molecule has 28 heteroatoms. The van der Waals surface area contributed by atoms with Gasteiger partial charge in [0.05, 0.1) is 6.04 Å². The highest BCUT2D eigenvalue weighted by Crippen LogP contribution is 2.17. The third-order valence-electron chi connectivity index (χ3n) is 17.3. The topological polar surface area (TPSA) is 490 Å². The van der Waals surface area contributed by atoms with Gasteiger partial charge in [-0.2, -0.15) is 0 Å². The summed E-state index contributed by atoms with van der Waals surface area (Å²) in [5.74, 6) is -8.47. The van der Waals surface area contributed by atoms with Gasteiger partial charge in [0, 0.05) is 12.8 Å². The van der Waals surface area contributed by atoms with Crippen LogP contribution in [0.15, 0.2) is 60.7 Å². The fourth-order valence-corrected chi connectivity index (χ4v) is 11.3. The minimum Gasteiger partial charge on any atom is -0.368 e. The predicted octanol–water partition coefficient (Wildman–Crippen LogP) is 0.962. The molecule has 0 aliphatic heterocycles. The van der Waals surface area contributed by atoms with Crippen molar-refractivity contribution in [2.45, 2.75) is 257 Å². The molecule has 0 spiro atoms. The van der Waals surface area contributed by atoms with Crippen LogP contribution in [-0.4, -0.2) is 164 Å². The fourth-order valence-electron chi connectivity index (χ4n) is 11.3. The number of rotatable bonds is 53. The SMILES string of the molecule is CC[C@H](C)[C@H](NC(=O)[C@H](CCCCN)NC(=O)[C@H](CCCCN)NC(=O)[C@H](Cc1ccccc1)NC(=O)[C@H](CC(C)C)NC(=O)[C@H](CCCCN)NC(=O)[C@@H](N)CCCCN)C(=O)N[C@@H](CC(C)C)C(=O)N[C@@H](CCCCN)C(=O)N[C@@H](Cc1ccccc1)C(=O)N[C@@H](CC(C)C)C(N)=O. The van der Waals surface area contributed by atoms with E-state index in [1.807, 2.05) is 48.5 Å².